The normalized spacial score (nSPS) is 23.7. The number of nitrogens with zero attached hydrogens (tertiary/aromatic N) is 2. The molecule has 2 fully saturated rings. The Kier molecular flexibility index (Phi) is 4.01. The molecule has 2 aliphatic rings. The molecule has 2 N–H and O–H groups in total. The van der Waals surface area contributed by atoms with Gasteiger partial charge in [0.25, 0.3) is 0 Å². The molecule has 1 aliphatic heterocycles. The molecule has 1 saturated heterocycles. The number of anilines is 1. The smallest absolute Gasteiger partial charge is 0.368 e. The summed E-state index contributed by atoms with van der Waals surface area (Å²) in [5.74, 6) is -1.28. The molecule has 1 saturated carbocycles. The quantitative estimate of drug-likeness (QED) is 0.898. The van der Waals surface area contributed by atoms with E-state index in [1.165, 1.54) is 12.1 Å². The first-order valence-electron chi connectivity index (χ1n) is 7.73. The van der Waals surface area contributed by atoms with E-state index in [2.05, 4.69) is 4.98 Å². The van der Waals surface area contributed by atoms with Crippen LogP contribution in [0, 0.1) is 11.8 Å². The minimum absolute atomic E-state index is 0.180. The van der Waals surface area contributed by atoms with E-state index >= 15 is 0 Å². The number of pyridine rings is 1. The lowest BCUT2D eigenvalue weighted by molar-refractivity contribution is -0.141. The predicted molar refractivity (Wildman–Crippen MR) is 79.5 cm³/mol. The van der Waals surface area contributed by atoms with Gasteiger partial charge in [0.1, 0.15) is 17.6 Å². The van der Waals surface area contributed by atoms with Crippen LogP contribution in [-0.2, 0) is 15.8 Å². The van der Waals surface area contributed by atoms with Crippen LogP contribution in [0.3, 0.4) is 0 Å². The molecule has 2 amide bonds. The first-order chi connectivity index (χ1) is 11.2. The number of carbonyl (C=O) groups excluding carboxylic acids is 2. The zero-order chi connectivity index (χ0) is 17.5. The molecule has 2 unspecified atom stereocenters. The third kappa shape index (κ3) is 2.74. The lowest BCUT2D eigenvalue weighted by Crippen LogP contribution is -2.43. The molecule has 2 atom stereocenters. The maximum atomic E-state index is 12.9. The van der Waals surface area contributed by atoms with Crippen LogP contribution >= 0.6 is 0 Å². The number of amides is 2. The minimum atomic E-state index is -4.63. The fourth-order valence-electron chi connectivity index (χ4n) is 3.60. The maximum absolute atomic E-state index is 12.9. The standard InChI is InChI=1S/C16H17F3N3O2/c17-16(18,19)11-5-4-6-12(21-11)22-10(13(20)23)9-15(14(22)24)7-2-1-3-8-15/h2,4-6,10H,1,3,7-9H2,(H2,20,23). The third-order valence-corrected chi connectivity index (χ3v) is 4.77. The summed E-state index contributed by atoms with van der Waals surface area (Å²) in [6, 6.07) is 2.33. The lowest BCUT2D eigenvalue weighted by Gasteiger charge is -2.31. The van der Waals surface area contributed by atoms with Gasteiger partial charge in [0, 0.05) is 0 Å². The molecule has 0 bridgehead atoms. The molecule has 1 aliphatic carbocycles. The molecule has 5 nitrogen and oxygen atoms in total. The van der Waals surface area contributed by atoms with Crippen LogP contribution < -0.4 is 10.6 Å². The Morgan fingerprint density at radius 2 is 2.12 bits per heavy atom. The van der Waals surface area contributed by atoms with Crippen molar-refractivity contribution < 1.29 is 22.8 Å². The van der Waals surface area contributed by atoms with E-state index in [1.54, 1.807) is 0 Å². The number of nitrogens with two attached hydrogens (primary N) is 1. The Labute approximate surface area is 137 Å². The van der Waals surface area contributed by atoms with Gasteiger partial charge in [0.05, 0.1) is 5.41 Å². The van der Waals surface area contributed by atoms with Crippen molar-refractivity contribution in [1.82, 2.24) is 4.98 Å². The van der Waals surface area contributed by atoms with Crippen LogP contribution in [0.5, 0.6) is 0 Å². The highest BCUT2D eigenvalue weighted by molar-refractivity contribution is 6.06. The summed E-state index contributed by atoms with van der Waals surface area (Å²) in [5.41, 5.74) is 3.55. The molecule has 24 heavy (non-hydrogen) atoms. The Morgan fingerprint density at radius 1 is 1.38 bits per heavy atom. The lowest BCUT2D eigenvalue weighted by atomic mass is 9.72. The highest BCUT2D eigenvalue weighted by Gasteiger charge is 2.54. The van der Waals surface area contributed by atoms with Crippen LogP contribution in [0.1, 0.15) is 37.8 Å². The fourth-order valence-corrected chi connectivity index (χ4v) is 3.60. The number of primary amides is 1. The zero-order valence-corrected chi connectivity index (χ0v) is 12.8. The van der Waals surface area contributed by atoms with E-state index in [1.807, 2.05) is 6.42 Å². The van der Waals surface area contributed by atoms with Crippen molar-refractivity contribution in [2.45, 2.75) is 44.3 Å². The summed E-state index contributed by atoms with van der Waals surface area (Å²) < 4.78 is 38.7. The van der Waals surface area contributed by atoms with Crippen LogP contribution in [0.2, 0.25) is 0 Å². The molecule has 129 valence electrons. The number of alkyl halides is 3. The maximum Gasteiger partial charge on any atom is 0.433 e. The summed E-state index contributed by atoms with van der Waals surface area (Å²) >= 11 is 0. The Morgan fingerprint density at radius 3 is 2.71 bits per heavy atom. The first kappa shape index (κ1) is 16.7. The molecule has 1 spiro atoms. The second kappa shape index (κ2) is 5.75. The number of hydrogen-bond donors (Lipinski definition) is 1. The molecule has 0 aromatic carbocycles. The van der Waals surface area contributed by atoms with E-state index in [0.717, 1.165) is 23.8 Å². The van der Waals surface area contributed by atoms with E-state index < -0.39 is 29.2 Å². The number of carbonyl (C=O) groups is 2. The predicted octanol–water partition coefficient (Wildman–Crippen LogP) is 2.46. The first-order valence-corrected chi connectivity index (χ1v) is 7.73. The van der Waals surface area contributed by atoms with Crippen LogP contribution in [0.15, 0.2) is 18.2 Å². The van der Waals surface area contributed by atoms with Crippen molar-refractivity contribution in [2.24, 2.45) is 11.1 Å². The molecular formula is C16H17F3N3O2. The van der Waals surface area contributed by atoms with E-state index in [0.29, 0.717) is 12.8 Å². The van der Waals surface area contributed by atoms with Crippen molar-refractivity contribution in [2.75, 3.05) is 4.90 Å². The third-order valence-electron chi connectivity index (χ3n) is 4.77. The summed E-state index contributed by atoms with van der Waals surface area (Å²) in [7, 11) is 0. The van der Waals surface area contributed by atoms with Crippen molar-refractivity contribution >= 4 is 17.6 Å². The van der Waals surface area contributed by atoms with Crippen molar-refractivity contribution in [3.05, 3.63) is 30.3 Å². The van der Waals surface area contributed by atoms with Crippen LogP contribution in [-0.4, -0.2) is 22.8 Å². The van der Waals surface area contributed by atoms with Crippen LogP contribution in [0.4, 0.5) is 19.0 Å². The van der Waals surface area contributed by atoms with Gasteiger partial charge in [-0.05, 0) is 37.8 Å². The number of rotatable bonds is 2. The Hall–Kier alpha value is -2.12. The number of halogens is 3. The van der Waals surface area contributed by atoms with Gasteiger partial charge in [-0.15, -0.1) is 0 Å². The highest BCUT2D eigenvalue weighted by atomic mass is 19.4. The molecule has 2 heterocycles. The SMILES string of the molecule is NC(=O)C1CC2(C[CH]CCC2)C(=O)N1c1cccc(C(F)(F)F)n1. The molecule has 1 aromatic rings. The van der Waals surface area contributed by atoms with Gasteiger partial charge in [0.2, 0.25) is 11.8 Å². The molecule has 1 aromatic heterocycles. The van der Waals surface area contributed by atoms with Crippen molar-refractivity contribution in [3.8, 4) is 0 Å². The van der Waals surface area contributed by atoms with Gasteiger partial charge in [-0.1, -0.05) is 18.9 Å². The summed E-state index contributed by atoms with van der Waals surface area (Å²) in [4.78, 5) is 29.3. The van der Waals surface area contributed by atoms with Gasteiger partial charge in [-0.25, -0.2) is 4.98 Å². The second-order valence-corrected chi connectivity index (χ2v) is 6.34. The molecule has 3 rings (SSSR count). The summed E-state index contributed by atoms with van der Waals surface area (Å²) in [6.45, 7) is 0. The average molecular weight is 340 g/mol. The van der Waals surface area contributed by atoms with Gasteiger partial charge in [0.15, 0.2) is 0 Å². The molecular weight excluding hydrogens is 323 g/mol. The zero-order valence-electron chi connectivity index (χ0n) is 12.8. The summed E-state index contributed by atoms with van der Waals surface area (Å²) in [5, 5.41) is 0. The molecule has 1 radical (unpaired) electrons. The minimum Gasteiger partial charge on any atom is -0.368 e. The Balaban J connectivity index is 2.01. The van der Waals surface area contributed by atoms with Gasteiger partial charge < -0.3 is 5.73 Å². The van der Waals surface area contributed by atoms with E-state index in [4.69, 9.17) is 5.73 Å². The van der Waals surface area contributed by atoms with Gasteiger partial charge in [-0.2, -0.15) is 13.2 Å². The van der Waals surface area contributed by atoms with Crippen LogP contribution in [0.25, 0.3) is 0 Å². The fraction of sp³-hybridized carbons (Fsp3) is 0.500. The topological polar surface area (TPSA) is 76.3 Å². The Bertz CT molecular complexity index is 669. The van der Waals surface area contributed by atoms with Gasteiger partial charge in [-0.3, -0.25) is 14.5 Å². The average Bonchev–Trinajstić information content (AvgIpc) is 2.81. The van der Waals surface area contributed by atoms with Gasteiger partial charge >= 0.3 is 6.18 Å². The van der Waals surface area contributed by atoms with Crippen molar-refractivity contribution in [3.63, 3.8) is 0 Å². The molecule has 8 heteroatoms. The largest absolute Gasteiger partial charge is 0.433 e. The summed E-state index contributed by atoms with van der Waals surface area (Å²) in [6.07, 6.45) is 0.376. The highest BCUT2D eigenvalue weighted by Crippen LogP contribution is 2.48. The number of hydrogen-bond acceptors (Lipinski definition) is 3. The van der Waals surface area contributed by atoms with Crippen molar-refractivity contribution in [1.29, 1.82) is 0 Å². The monoisotopic (exact) mass is 340 g/mol. The van der Waals surface area contributed by atoms with E-state index in [9.17, 15) is 22.8 Å². The van der Waals surface area contributed by atoms with E-state index in [-0.39, 0.29) is 18.1 Å². The number of aromatic nitrogens is 1. The second-order valence-electron chi connectivity index (χ2n) is 6.34.